The molecule has 0 radical (unpaired) electrons. The summed E-state index contributed by atoms with van der Waals surface area (Å²) in [6.45, 7) is 7.64. The molecule has 113 heavy (non-hydrogen) atoms. The summed E-state index contributed by atoms with van der Waals surface area (Å²) >= 11 is 6.41. The number of alkyl halides is 1. The summed E-state index contributed by atoms with van der Waals surface area (Å²) in [7, 11) is 1.12. The summed E-state index contributed by atoms with van der Waals surface area (Å²) in [5.41, 5.74) is 7.10. The minimum absolute atomic E-state index is 0.0296. The number of methoxy groups -OCH3 is 4. The van der Waals surface area contributed by atoms with E-state index in [2.05, 4.69) is 27.6 Å². The van der Waals surface area contributed by atoms with E-state index in [1.54, 1.807) is 81.4 Å². The number of nitrogens with zero attached hydrogens (tertiary/aromatic N) is 7. The molecule has 0 saturated carbocycles. The van der Waals surface area contributed by atoms with Gasteiger partial charge in [-0.15, -0.1) is 11.6 Å². The zero-order valence-corrected chi connectivity index (χ0v) is 64.8. The third-order valence-corrected chi connectivity index (χ3v) is 23.1. The normalized spacial score (nSPS) is 17.8. The predicted octanol–water partition coefficient (Wildman–Crippen LogP) is 10.4. The largest absolute Gasteiger partial charge is 0.507 e. The number of fused-ring (bicyclic) bond motifs is 7. The number of carbonyl (C=O) groups is 6. The highest BCUT2D eigenvalue weighted by Crippen LogP contribution is 2.48. The predicted molar refractivity (Wildman–Crippen MR) is 419 cm³/mol. The highest BCUT2D eigenvalue weighted by atomic mass is 35.5. The smallest absolute Gasteiger partial charge is 0.416 e. The summed E-state index contributed by atoms with van der Waals surface area (Å²) in [5.74, 6) is -0.932. The van der Waals surface area contributed by atoms with Gasteiger partial charge in [-0.25, -0.2) is 45.7 Å². The van der Waals surface area contributed by atoms with Crippen molar-refractivity contribution in [3.8, 4) is 28.7 Å². The van der Waals surface area contributed by atoms with Crippen LogP contribution in [0.4, 0.5) is 26.7 Å². The number of sulfonamides is 2. The second kappa shape index (κ2) is 34.9. The quantitative estimate of drug-likeness (QED) is 0.0305. The lowest BCUT2D eigenvalue weighted by molar-refractivity contribution is -0.136. The maximum Gasteiger partial charge on any atom is 0.416 e. The van der Waals surface area contributed by atoms with E-state index in [1.165, 1.54) is 113 Å². The molecule has 5 amide bonds. The maximum atomic E-state index is 14.5. The fourth-order valence-corrected chi connectivity index (χ4v) is 16.2. The average Bonchev–Trinajstić information content (AvgIpc) is 1.63. The number of halogens is 1. The van der Waals surface area contributed by atoms with Crippen LogP contribution in [0.2, 0.25) is 0 Å². The van der Waals surface area contributed by atoms with Crippen molar-refractivity contribution in [2.45, 2.75) is 79.1 Å². The number of amides is 5. The molecule has 4 N–H and O–H groups in total. The molecule has 29 nitrogen and oxygen atoms in total. The van der Waals surface area contributed by atoms with Gasteiger partial charge in [0.25, 0.3) is 11.8 Å². The number of aromatic hydroxyl groups is 1. The first-order valence-corrected chi connectivity index (χ1v) is 39.1. The number of hydrogen-bond acceptors (Lipinski definition) is 21. The van der Waals surface area contributed by atoms with Gasteiger partial charge in [-0.3, -0.25) is 29.1 Å². The van der Waals surface area contributed by atoms with E-state index in [4.69, 9.17) is 59.6 Å². The molecular formula is C81H82ClN9O20S2. The molecule has 5 aliphatic heterocycles. The first-order valence-electron chi connectivity index (χ1n) is 35.6. The van der Waals surface area contributed by atoms with Crippen molar-refractivity contribution in [2.24, 2.45) is 0 Å². The summed E-state index contributed by atoms with van der Waals surface area (Å²) < 4.78 is 101. The van der Waals surface area contributed by atoms with Crippen LogP contribution in [0.3, 0.4) is 0 Å². The molecule has 13 rings (SSSR count). The number of anilines is 3. The summed E-state index contributed by atoms with van der Waals surface area (Å²) in [6, 6.07) is 36.8. The molecule has 0 spiro atoms. The monoisotopic (exact) mass is 1600 g/mol. The first kappa shape index (κ1) is 80.8. The Labute approximate surface area is 657 Å². The van der Waals surface area contributed by atoms with Crippen molar-refractivity contribution in [3.05, 3.63) is 228 Å². The number of ether oxygens (including phenoxy) is 8. The second-order valence-electron chi connectivity index (χ2n) is 26.4. The number of phenols is 1. The standard InChI is InChI=1S/C47H46ClN5O10S.C34H36N4O10S/c1-5-19-62-47(57)53-37-24-42(41(60-3)22-36(37)45(56)51-18-17-29(20-39(51)46(53)61-4)28-13-15-33(16-14-28)64(58,59)49-2)63-27-32-10-8-9-31(50-32)21-43(55)52-26-30(25-48)44-35-12-7-6-11-34(35)40(54)23-38(44)52;1-5-15-47-34(42)38-27-19-30(48-20-24-8-6-7-23(36-24)17-31(39)40)29(45-3)18-26(27)32(41)37-14-13-22(16-28(37)33(38)46-4)21-9-11-25(12-10-21)49(43,44)35-2/h5-17,22-24,30,39,46,49,54H,1,18-21,25-27H2,2-4H3;5-13,18-19,28,33,35H,1,14-17,20H2,2-4H3,(H,39,40)/t30-,39+,46?;28-,33?/m10/s1. The molecule has 5 aliphatic rings. The number of carbonyl (C=O) groups excluding carboxylic acids is 5. The van der Waals surface area contributed by atoms with Gasteiger partial charge in [-0.2, -0.15) is 0 Å². The van der Waals surface area contributed by atoms with E-state index in [9.17, 15) is 50.7 Å². The van der Waals surface area contributed by atoms with Gasteiger partial charge in [0.15, 0.2) is 35.5 Å². The SMILES string of the molecule is C=CCOC(=O)N1c2cc(OCc3cccc(CC(=O)N4C[C@@H](CCl)c5c4cc(O)c4ccccc54)n3)c(OC)cc2C(=O)N2CC=C(c3ccc(S(=O)(=O)NC)cc3)C[C@H]2C1OC.C=CCOC(=O)N1c2cc(OCc3cccc(CC(=O)O)n3)c(OC)cc2C(=O)N2CC=C(c3ccc(S(=O)(=O)NC)cc3)C[C@H]2C1OC. The van der Waals surface area contributed by atoms with Crippen LogP contribution in [0.5, 0.6) is 28.7 Å². The van der Waals surface area contributed by atoms with Crippen molar-refractivity contribution >= 4 is 107 Å². The lowest BCUT2D eigenvalue weighted by Crippen LogP contribution is -2.55. The number of phenolic OH excluding ortho intramolecular Hbond substituents is 1. The highest BCUT2D eigenvalue weighted by Gasteiger charge is 2.48. The lowest BCUT2D eigenvalue weighted by atomic mass is 9.93. The third kappa shape index (κ3) is 16.9. The number of aliphatic carboxylic acids is 1. The zero-order valence-electron chi connectivity index (χ0n) is 62.4. The van der Waals surface area contributed by atoms with E-state index in [-0.39, 0.29) is 144 Å². The Kier molecular flexibility index (Phi) is 25.0. The number of pyridine rings is 2. The molecule has 2 aromatic heterocycles. The van der Waals surface area contributed by atoms with E-state index in [0.29, 0.717) is 46.3 Å². The number of carboxylic acid groups (broad SMARTS) is 1. The van der Waals surface area contributed by atoms with Crippen LogP contribution >= 0.6 is 11.6 Å². The third-order valence-electron chi connectivity index (χ3n) is 19.9. The number of nitrogens with one attached hydrogen (secondary N) is 2. The van der Waals surface area contributed by atoms with Gasteiger partial charge < -0.3 is 62.8 Å². The van der Waals surface area contributed by atoms with Crippen molar-refractivity contribution < 1.29 is 93.7 Å². The van der Waals surface area contributed by atoms with Gasteiger partial charge in [0.2, 0.25) is 26.0 Å². The van der Waals surface area contributed by atoms with Crippen LogP contribution in [0.15, 0.2) is 187 Å². The fraction of sp³-hybridized carbons (Fsp3) is 0.284. The summed E-state index contributed by atoms with van der Waals surface area (Å²) in [6.07, 6.45) is 3.21. The second-order valence-corrected chi connectivity index (χ2v) is 30.5. The molecule has 7 heterocycles. The van der Waals surface area contributed by atoms with Gasteiger partial charge >= 0.3 is 18.2 Å². The molecule has 0 fully saturated rings. The molecule has 0 aliphatic carbocycles. The molecule has 2 unspecified atom stereocenters. The minimum atomic E-state index is -3.66. The molecule has 8 aromatic rings. The Morgan fingerprint density at radius 2 is 1.02 bits per heavy atom. The number of benzene rings is 6. The molecule has 32 heteroatoms. The summed E-state index contributed by atoms with van der Waals surface area (Å²) in [4.78, 5) is 98.3. The molecule has 5 atom stereocenters. The first-order chi connectivity index (χ1) is 54.4. The topological polar surface area (TPSA) is 351 Å². The number of carboxylic acids is 1. The van der Waals surface area contributed by atoms with E-state index < -0.39 is 68.6 Å². The van der Waals surface area contributed by atoms with Crippen molar-refractivity contribution in [1.29, 1.82) is 0 Å². The van der Waals surface area contributed by atoms with Crippen molar-refractivity contribution in [2.75, 3.05) is 96.0 Å². The number of aromatic nitrogens is 2. The highest BCUT2D eigenvalue weighted by molar-refractivity contribution is 7.89. The van der Waals surface area contributed by atoms with Gasteiger partial charge in [-0.1, -0.05) is 98.1 Å². The van der Waals surface area contributed by atoms with Crippen molar-refractivity contribution in [1.82, 2.24) is 29.2 Å². The van der Waals surface area contributed by atoms with Crippen LogP contribution in [0.1, 0.15) is 78.9 Å². The van der Waals surface area contributed by atoms with Gasteiger partial charge in [-0.05, 0) is 121 Å². The van der Waals surface area contributed by atoms with E-state index in [1.807, 2.05) is 36.4 Å². The zero-order chi connectivity index (χ0) is 80.6. The van der Waals surface area contributed by atoms with Crippen LogP contribution in [-0.2, 0) is 74.6 Å². The van der Waals surface area contributed by atoms with E-state index >= 15 is 0 Å². The van der Waals surface area contributed by atoms with Gasteiger partial charge in [0.05, 0.1) is 99.9 Å². The Morgan fingerprint density at radius 1 is 0.575 bits per heavy atom. The van der Waals surface area contributed by atoms with Crippen LogP contribution in [0.25, 0.3) is 21.9 Å². The summed E-state index contributed by atoms with van der Waals surface area (Å²) in [5, 5.41) is 21.6. The Hall–Kier alpha value is -11.7. The van der Waals surface area contributed by atoms with Gasteiger partial charge in [0, 0.05) is 69.2 Å². The van der Waals surface area contributed by atoms with E-state index in [0.717, 1.165) is 33.2 Å². The van der Waals surface area contributed by atoms with Crippen molar-refractivity contribution in [3.63, 3.8) is 0 Å². The van der Waals surface area contributed by atoms with Gasteiger partial charge in [0.1, 0.15) is 32.2 Å². The van der Waals surface area contributed by atoms with Crippen LogP contribution < -0.4 is 43.1 Å². The molecule has 0 bridgehead atoms. The molecule has 0 saturated heterocycles. The Morgan fingerprint density at radius 3 is 1.43 bits per heavy atom. The van der Waals surface area contributed by atoms with Crippen LogP contribution in [-0.4, -0.2) is 188 Å². The fourth-order valence-electron chi connectivity index (χ4n) is 14.5. The lowest BCUT2D eigenvalue weighted by Gasteiger charge is -2.40. The average molecular weight is 1600 g/mol. The Bertz CT molecular complexity index is 5340. The Balaban J connectivity index is 0.000000217. The molecular weight excluding hydrogens is 1520 g/mol. The molecule has 590 valence electrons. The number of rotatable bonds is 25. The number of hydrogen-bond donors (Lipinski definition) is 4. The van der Waals surface area contributed by atoms with Crippen LogP contribution in [0, 0.1) is 0 Å². The maximum absolute atomic E-state index is 14.5. The minimum Gasteiger partial charge on any atom is -0.507 e. The molecule has 6 aromatic carbocycles.